The predicted molar refractivity (Wildman–Crippen MR) is 119 cm³/mol. The van der Waals surface area contributed by atoms with Crippen LogP contribution in [-0.4, -0.2) is 51.1 Å². The van der Waals surface area contributed by atoms with Crippen molar-refractivity contribution in [3.63, 3.8) is 0 Å². The van der Waals surface area contributed by atoms with Gasteiger partial charge in [0, 0.05) is 0 Å². The average Bonchev–Trinajstić information content (AvgIpc) is 2.80. The SMILES string of the molecule is C#CCOC(=O)P(=O)(OCC#C)OCC=C.C#CCOP(=O)(OCC=C)C(=O)OCC=C. The van der Waals surface area contributed by atoms with Gasteiger partial charge in [-0.3, -0.25) is 18.1 Å². The van der Waals surface area contributed by atoms with E-state index in [4.69, 9.17) is 28.3 Å². The number of hydrogen-bond acceptors (Lipinski definition) is 10. The molecule has 0 bridgehead atoms. The molecule has 12 heteroatoms. The normalized spacial score (nSPS) is 13.0. The summed E-state index contributed by atoms with van der Waals surface area (Å²) < 4.78 is 51.5. The third-order valence-corrected chi connectivity index (χ3v) is 5.48. The van der Waals surface area contributed by atoms with Crippen LogP contribution in [0.25, 0.3) is 0 Å². The minimum absolute atomic E-state index is 0.0836. The molecule has 0 aromatic rings. The molecule has 0 fully saturated rings. The third-order valence-electron chi connectivity index (χ3n) is 2.41. The van der Waals surface area contributed by atoms with Gasteiger partial charge in [-0.2, -0.15) is 0 Å². The van der Waals surface area contributed by atoms with E-state index in [1.807, 2.05) is 5.92 Å². The Balaban J connectivity index is 0. The highest BCUT2D eigenvalue weighted by molar-refractivity contribution is 7.71. The van der Waals surface area contributed by atoms with Crippen LogP contribution >= 0.6 is 15.2 Å². The second-order valence-corrected chi connectivity index (χ2v) is 8.50. The zero-order valence-electron chi connectivity index (χ0n) is 17.3. The van der Waals surface area contributed by atoms with E-state index in [1.54, 1.807) is 0 Å². The van der Waals surface area contributed by atoms with Crippen molar-refractivity contribution in [2.75, 3.05) is 39.6 Å². The highest BCUT2D eigenvalue weighted by atomic mass is 31.2. The van der Waals surface area contributed by atoms with E-state index in [0.717, 1.165) is 0 Å². The number of carbonyl (C=O) groups excluding carboxylic acids is 2. The van der Waals surface area contributed by atoms with Crippen LogP contribution in [0.15, 0.2) is 38.0 Å². The maximum absolute atomic E-state index is 11.8. The van der Waals surface area contributed by atoms with Crippen molar-refractivity contribution in [2.24, 2.45) is 0 Å². The lowest BCUT2D eigenvalue weighted by atomic mass is 10.7. The van der Waals surface area contributed by atoms with Gasteiger partial charge in [0.05, 0.1) is 13.2 Å². The van der Waals surface area contributed by atoms with Gasteiger partial charge in [-0.15, -0.1) is 32.4 Å². The molecule has 0 heterocycles. The van der Waals surface area contributed by atoms with E-state index in [-0.39, 0.29) is 39.6 Å². The van der Waals surface area contributed by atoms with Crippen LogP contribution in [0.3, 0.4) is 0 Å². The van der Waals surface area contributed by atoms with E-state index < -0.39 is 26.6 Å². The molecule has 0 spiro atoms. The second kappa shape index (κ2) is 18.9. The first-order valence-corrected chi connectivity index (χ1v) is 11.6. The van der Waals surface area contributed by atoms with Gasteiger partial charge < -0.3 is 9.47 Å². The van der Waals surface area contributed by atoms with E-state index in [9.17, 15) is 18.7 Å². The van der Waals surface area contributed by atoms with Crippen LogP contribution in [-0.2, 0) is 36.7 Å². The number of terminal acetylenes is 3. The third kappa shape index (κ3) is 13.4. The highest BCUT2D eigenvalue weighted by Gasteiger charge is 2.37. The minimum atomic E-state index is -4.04. The molecule has 0 aromatic carbocycles. The van der Waals surface area contributed by atoms with Crippen molar-refractivity contribution >= 4 is 26.6 Å². The Bertz CT molecular complexity index is 857. The molecule has 174 valence electrons. The van der Waals surface area contributed by atoms with Gasteiger partial charge in [-0.1, -0.05) is 42.6 Å². The first-order valence-electron chi connectivity index (χ1n) is 8.47. The van der Waals surface area contributed by atoms with E-state index in [0.29, 0.717) is 0 Å². The van der Waals surface area contributed by atoms with Gasteiger partial charge in [0.1, 0.15) is 19.8 Å². The van der Waals surface area contributed by atoms with Crippen LogP contribution in [0.2, 0.25) is 0 Å². The zero-order valence-corrected chi connectivity index (χ0v) is 19.1. The van der Waals surface area contributed by atoms with Gasteiger partial charge in [0.25, 0.3) is 0 Å². The molecule has 0 saturated carbocycles. The minimum Gasteiger partial charge on any atom is -0.452 e. The summed E-state index contributed by atoms with van der Waals surface area (Å²) in [6.45, 7) is 8.75. The fourth-order valence-electron chi connectivity index (χ4n) is 1.22. The molecule has 0 amide bonds. The zero-order chi connectivity index (χ0) is 24.9. The highest BCUT2D eigenvalue weighted by Crippen LogP contribution is 2.50. The molecule has 0 aromatic heterocycles. The quantitative estimate of drug-likeness (QED) is 0.189. The van der Waals surface area contributed by atoms with Crippen LogP contribution in [0.5, 0.6) is 0 Å². The molecule has 0 radical (unpaired) electrons. The number of rotatable bonds is 15. The van der Waals surface area contributed by atoms with E-state index in [2.05, 4.69) is 50.1 Å². The molecule has 0 aliphatic carbocycles. The molecule has 0 rings (SSSR count). The smallest absolute Gasteiger partial charge is 0.439 e. The largest absolute Gasteiger partial charge is 0.452 e. The van der Waals surface area contributed by atoms with Crippen molar-refractivity contribution in [2.45, 2.75) is 0 Å². The monoisotopic (exact) mass is 486 g/mol. The van der Waals surface area contributed by atoms with Crippen molar-refractivity contribution in [3.8, 4) is 37.0 Å². The van der Waals surface area contributed by atoms with Gasteiger partial charge in [-0.25, -0.2) is 18.7 Å². The summed E-state index contributed by atoms with van der Waals surface area (Å²) in [5.41, 5.74) is -2.26. The summed E-state index contributed by atoms with van der Waals surface area (Å²) in [5.74, 6) is 6.19. The molecular weight excluding hydrogens is 462 g/mol. The average molecular weight is 486 g/mol. The standard InChI is InChI=1S/C10H13O5P.C10H11O5P/c2*1-4-7-13-10(11)16(12,14-8-5-2)15-9-6-3/h2,4,6H,1,3,7-9H2;1-2,6H,3,7-9H2. The summed E-state index contributed by atoms with van der Waals surface area (Å²) in [7, 11) is -8.04. The maximum Gasteiger partial charge on any atom is 0.439 e. The summed E-state index contributed by atoms with van der Waals surface area (Å²) in [5, 5.41) is 0. The van der Waals surface area contributed by atoms with Crippen molar-refractivity contribution in [1.82, 2.24) is 0 Å². The van der Waals surface area contributed by atoms with Crippen molar-refractivity contribution in [3.05, 3.63) is 38.0 Å². The summed E-state index contributed by atoms with van der Waals surface area (Å²) in [4.78, 5) is 22.7. The lowest BCUT2D eigenvalue weighted by Gasteiger charge is -2.14. The Kier molecular flexibility index (Phi) is 18.5. The van der Waals surface area contributed by atoms with Crippen LogP contribution in [0, 0.1) is 37.0 Å². The molecule has 0 aliphatic heterocycles. The predicted octanol–water partition coefficient (Wildman–Crippen LogP) is 4.16. The van der Waals surface area contributed by atoms with Gasteiger partial charge in [0.15, 0.2) is 6.61 Å². The van der Waals surface area contributed by atoms with E-state index in [1.165, 1.54) is 18.2 Å². The molecule has 32 heavy (non-hydrogen) atoms. The Morgan fingerprint density at radius 1 is 0.656 bits per heavy atom. The van der Waals surface area contributed by atoms with Gasteiger partial charge >= 0.3 is 26.6 Å². The topological polar surface area (TPSA) is 124 Å². The summed E-state index contributed by atoms with van der Waals surface area (Å²) in [6.07, 6.45) is 18.7. The van der Waals surface area contributed by atoms with Crippen LogP contribution < -0.4 is 0 Å². The Morgan fingerprint density at radius 2 is 1.03 bits per heavy atom. The number of ether oxygens (including phenoxy) is 2. The molecule has 2 unspecified atom stereocenters. The molecular formula is C20H24O10P2. The first-order chi connectivity index (χ1) is 15.2. The first kappa shape index (κ1) is 31.3. The molecule has 0 N–H and O–H groups in total. The molecule has 2 atom stereocenters. The second-order valence-electron chi connectivity index (χ2n) is 4.74. The molecule has 10 nitrogen and oxygen atoms in total. The Hall–Kier alpha value is -2.86. The lowest BCUT2D eigenvalue weighted by Crippen LogP contribution is -2.09. The van der Waals surface area contributed by atoms with E-state index >= 15 is 0 Å². The van der Waals surface area contributed by atoms with Gasteiger partial charge in [-0.05, 0) is 0 Å². The summed E-state index contributed by atoms with van der Waals surface area (Å²) in [6, 6.07) is 0. The Labute approximate surface area is 188 Å². The maximum atomic E-state index is 11.8. The van der Waals surface area contributed by atoms with Gasteiger partial charge in [0.2, 0.25) is 0 Å². The number of carbonyl (C=O) groups is 2. The van der Waals surface area contributed by atoms with Crippen LogP contribution in [0.4, 0.5) is 9.59 Å². The number of hydrogen-bond donors (Lipinski definition) is 0. The van der Waals surface area contributed by atoms with Crippen molar-refractivity contribution < 1.29 is 46.3 Å². The lowest BCUT2D eigenvalue weighted by molar-refractivity contribution is 0.162. The van der Waals surface area contributed by atoms with Crippen molar-refractivity contribution in [1.29, 1.82) is 0 Å². The molecule has 0 saturated heterocycles. The fraction of sp³-hybridized carbons (Fsp3) is 0.300. The molecule has 0 aliphatic rings. The fourth-order valence-corrected chi connectivity index (χ4v) is 3.34. The summed E-state index contributed by atoms with van der Waals surface area (Å²) >= 11 is 0. The Morgan fingerprint density at radius 3 is 1.38 bits per heavy atom. The van der Waals surface area contributed by atoms with Crippen LogP contribution in [0.1, 0.15) is 0 Å².